The summed E-state index contributed by atoms with van der Waals surface area (Å²) in [6.45, 7) is 0.952. The zero-order chi connectivity index (χ0) is 12.5. The van der Waals surface area contributed by atoms with E-state index >= 15 is 0 Å². The Morgan fingerprint density at radius 3 is 3.11 bits per heavy atom. The number of para-hydroxylation sites is 1. The van der Waals surface area contributed by atoms with Gasteiger partial charge in [-0.3, -0.25) is 14.7 Å². The minimum atomic E-state index is -0.0155. The molecule has 1 aliphatic rings. The molecule has 1 aromatic heterocycles. The highest BCUT2D eigenvalue weighted by atomic mass is 16.5. The SMILES string of the molecule is COc1cccc2c(=O)n(C3CCCN3)cnc12. The summed E-state index contributed by atoms with van der Waals surface area (Å²) in [7, 11) is 1.58. The lowest BCUT2D eigenvalue weighted by Gasteiger charge is -2.14. The second-order valence-corrected chi connectivity index (χ2v) is 4.43. The molecule has 0 bridgehead atoms. The Morgan fingerprint density at radius 2 is 2.39 bits per heavy atom. The third-order valence-corrected chi connectivity index (χ3v) is 3.37. The average Bonchev–Trinajstić information content (AvgIpc) is 2.92. The maximum Gasteiger partial charge on any atom is 0.262 e. The van der Waals surface area contributed by atoms with E-state index in [1.807, 2.05) is 12.1 Å². The summed E-state index contributed by atoms with van der Waals surface area (Å²) >= 11 is 0. The molecule has 0 spiro atoms. The minimum Gasteiger partial charge on any atom is -0.494 e. The van der Waals surface area contributed by atoms with Gasteiger partial charge in [-0.2, -0.15) is 0 Å². The number of nitrogens with one attached hydrogen (secondary N) is 1. The summed E-state index contributed by atoms with van der Waals surface area (Å²) in [6.07, 6.45) is 3.74. The molecule has 18 heavy (non-hydrogen) atoms. The molecule has 1 N–H and O–H groups in total. The molecular formula is C13H15N3O2. The van der Waals surface area contributed by atoms with Crippen molar-refractivity contribution in [3.63, 3.8) is 0 Å². The van der Waals surface area contributed by atoms with Crippen LogP contribution in [0.25, 0.3) is 10.9 Å². The van der Waals surface area contributed by atoms with Gasteiger partial charge in [-0.25, -0.2) is 4.98 Å². The van der Waals surface area contributed by atoms with Crippen LogP contribution in [0.2, 0.25) is 0 Å². The number of fused-ring (bicyclic) bond motifs is 1. The quantitative estimate of drug-likeness (QED) is 0.866. The average molecular weight is 245 g/mol. The predicted molar refractivity (Wildman–Crippen MR) is 68.8 cm³/mol. The van der Waals surface area contributed by atoms with Crippen molar-refractivity contribution >= 4 is 10.9 Å². The minimum absolute atomic E-state index is 0.0155. The second-order valence-electron chi connectivity index (χ2n) is 4.43. The summed E-state index contributed by atoms with van der Waals surface area (Å²) in [5.74, 6) is 0.635. The predicted octanol–water partition coefficient (Wildman–Crippen LogP) is 1.29. The van der Waals surface area contributed by atoms with Crippen molar-refractivity contribution in [2.24, 2.45) is 0 Å². The maximum absolute atomic E-state index is 12.4. The number of rotatable bonds is 2. The number of aromatic nitrogens is 2. The number of methoxy groups -OCH3 is 1. The summed E-state index contributed by atoms with van der Waals surface area (Å²) < 4.78 is 6.90. The third kappa shape index (κ3) is 1.67. The Bertz CT molecular complexity index is 630. The lowest BCUT2D eigenvalue weighted by Crippen LogP contribution is -2.30. The van der Waals surface area contributed by atoms with Gasteiger partial charge in [0.05, 0.1) is 25.0 Å². The van der Waals surface area contributed by atoms with Crippen molar-refractivity contribution in [1.29, 1.82) is 0 Å². The first kappa shape index (κ1) is 11.2. The molecule has 2 aromatic rings. The monoisotopic (exact) mass is 245 g/mol. The summed E-state index contributed by atoms with van der Waals surface area (Å²) in [5, 5.41) is 3.90. The summed E-state index contributed by atoms with van der Waals surface area (Å²) in [5.41, 5.74) is 0.609. The number of hydrogen-bond donors (Lipinski definition) is 1. The molecule has 1 aliphatic heterocycles. The van der Waals surface area contributed by atoms with Crippen LogP contribution in [0, 0.1) is 0 Å². The fourth-order valence-electron chi connectivity index (χ4n) is 2.43. The van der Waals surface area contributed by atoms with Gasteiger partial charge >= 0.3 is 0 Å². The molecule has 0 aliphatic carbocycles. The molecule has 1 unspecified atom stereocenters. The molecule has 5 nitrogen and oxygen atoms in total. The topological polar surface area (TPSA) is 56.1 Å². The molecule has 1 atom stereocenters. The molecular weight excluding hydrogens is 230 g/mol. The largest absolute Gasteiger partial charge is 0.494 e. The first-order valence-corrected chi connectivity index (χ1v) is 6.08. The first-order valence-electron chi connectivity index (χ1n) is 6.08. The fourth-order valence-corrected chi connectivity index (χ4v) is 2.43. The van der Waals surface area contributed by atoms with Crippen LogP contribution < -0.4 is 15.6 Å². The van der Waals surface area contributed by atoms with Gasteiger partial charge in [-0.05, 0) is 31.5 Å². The molecule has 1 aromatic carbocycles. The van der Waals surface area contributed by atoms with E-state index in [0.29, 0.717) is 16.7 Å². The maximum atomic E-state index is 12.4. The number of hydrogen-bond acceptors (Lipinski definition) is 4. The van der Waals surface area contributed by atoms with Gasteiger partial charge in [-0.15, -0.1) is 0 Å². The van der Waals surface area contributed by atoms with Crippen LogP contribution in [0.3, 0.4) is 0 Å². The molecule has 0 radical (unpaired) electrons. The van der Waals surface area contributed by atoms with Gasteiger partial charge in [0, 0.05) is 0 Å². The normalized spacial score (nSPS) is 19.3. The van der Waals surface area contributed by atoms with Gasteiger partial charge in [-0.1, -0.05) is 6.07 Å². The zero-order valence-electron chi connectivity index (χ0n) is 10.2. The van der Waals surface area contributed by atoms with Crippen LogP contribution in [0.5, 0.6) is 5.75 Å². The smallest absolute Gasteiger partial charge is 0.262 e. The van der Waals surface area contributed by atoms with E-state index in [0.717, 1.165) is 19.4 Å². The lowest BCUT2D eigenvalue weighted by atomic mass is 10.2. The summed E-state index contributed by atoms with van der Waals surface area (Å²) in [6, 6.07) is 5.42. The fraction of sp³-hybridized carbons (Fsp3) is 0.385. The Hall–Kier alpha value is -1.88. The highest BCUT2D eigenvalue weighted by molar-refractivity contribution is 5.83. The van der Waals surface area contributed by atoms with Gasteiger partial charge in [0.2, 0.25) is 0 Å². The van der Waals surface area contributed by atoms with Crippen molar-refractivity contribution in [3.05, 3.63) is 34.9 Å². The van der Waals surface area contributed by atoms with E-state index in [4.69, 9.17) is 4.74 Å². The van der Waals surface area contributed by atoms with Crippen LogP contribution in [-0.2, 0) is 0 Å². The molecule has 5 heteroatoms. The van der Waals surface area contributed by atoms with Crippen LogP contribution in [0.1, 0.15) is 19.0 Å². The van der Waals surface area contributed by atoms with Crippen molar-refractivity contribution in [2.45, 2.75) is 19.0 Å². The molecule has 94 valence electrons. The third-order valence-electron chi connectivity index (χ3n) is 3.37. The highest BCUT2D eigenvalue weighted by Crippen LogP contribution is 2.21. The van der Waals surface area contributed by atoms with Crippen LogP contribution in [0.15, 0.2) is 29.3 Å². The highest BCUT2D eigenvalue weighted by Gasteiger charge is 2.18. The van der Waals surface area contributed by atoms with E-state index < -0.39 is 0 Å². The van der Waals surface area contributed by atoms with E-state index in [9.17, 15) is 4.79 Å². The Kier molecular flexibility index (Phi) is 2.76. The number of nitrogens with zero attached hydrogens (tertiary/aromatic N) is 2. The first-order chi connectivity index (χ1) is 8.81. The lowest BCUT2D eigenvalue weighted by molar-refractivity contribution is 0.417. The molecule has 1 fully saturated rings. The van der Waals surface area contributed by atoms with E-state index in [1.54, 1.807) is 24.1 Å². The Morgan fingerprint density at radius 1 is 1.50 bits per heavy atom. The van der Waals surface area contributed by atoms with Gasteiger partial charge < -0.3 is 4.74 Å². The van der Waals surface area contributed by atoms with E-state index in [1.165, 1.54) is 0 Å². The van der Waals surface area contributed by atoms with Gasteiger partial charge in [0.1, 0.15) is 11.3 Å². The van der Waals surface area contributed by atoms with Crippen LogP contribution in [0.4, 0.5) is 0 Å². The van der Waals surface area contributed by atoms with Crippen molar-refractivity contribution in [3.8, 4) is 5.75 Å². The standard InChI is InChI=1S/C13H15N3O2/c1-18-10-5-2-4-9-12(10)15-8-16(13(9)17)11-6-3-7-14-11/h2,4-5,8,11,14H,3,6-7H2,1H3. The Labute approximate surface area is 104 Å². The molecule has 1 saturated heterocycles. The van der Waals surface area contributed by atoms with E-state index in [-0.39, 0.29) is 11.7 Å². The van der Waals surface area contributed by atoms with E-state index in [2.05, 4.69) is 10.3 Å². The van der Waals surface area contributed by atoms with Crippen LogP contribution in [-0.4, -0.2) is 23.2 Å². The van der Waals surface area contributed by atoms with Crippen molar-refractivity contribution in [1.82, 2.24) is 14.9 Å². The van der Waals surface area contributed by atoms with Crippen LogP contribution >= 0.6 is 0 Å². The number of benzene rings is 1. The molecule has 0 saturated carbocycles. The molecule has 3 rings (SSSR count). The van der Waals surface area contributed by atoms with Crippen molar-refractivity contribution in [2.75, 3.05) is 13.7 Å². The number of ether oxygens (including phenoxy) is 1. The molecule has 2 heterocycles. The Balaban J connectivity index is 2.20. The summed E-state index contributed by atoms with van der Waals surface area (Å²) in [4.78, 5) is 16.8. The van der Waals surface area contributed by atoms with Gasteiger partial charge in [0.15, 0.2) is 0 Å². The van der Waals surface area contributed by atoms with Crippen molar-refractivity contribution < 1.29 is 4.74 Å². The zero-order valence-corrected chi connectivity index (χ0v) is 10.2. The molecule has 0 amide bonds. The second kappa shape index (κ2) is 4.42. The van der Waals surface area contributed by atoms with Gasteiger partial charge in [0.25, 0.3) is 5.56 Å².